The molecule has 3 nitrogen and oxygen atoms in total. The van der Waals surface area contributed by atoms with E-state index in [4.69, 9.17) is 11.6 Å². The Morgan fingerprint density at radius 3 is 2.53 bits per heavy atom. The number of hydrogen-bond acceptors (Lipinski definition) is 2. The maximum atomic E-state index is 11.9. The van der Waals surface area contributed by atoms with Crippen molar-refractivity contribution in [1.29, 1.82) is 0 Å². The summed E-state index contributed by atoms with van der Waals surface area (Å²) < 4.78 is 0. The van der Waals surface area contributed by atoms with Crippen molar-refractivity contribution in [2.24, 2.45) is 0 Å². The van der Waals surface area contributed by atoms with Crippen LogP contribution in [0.4, 0.5) is 11.5 Å². The first-order valence-electron chi connectivity index (χ1n) is 5.87. The highest BCUT2D eigenvalue weighted by Gasteiger charge is 2.01. The molecule has 0 aliphatic rings. The Balaban J connectivity index is 2.01. The summed E-state index contributed by atoms with van der Waals surface area (Å²) in [5.74, 6) is 0.658. The molecule has 0 saturated heterocycles. The van der Waals surface area contributed by atoms with Crippen LogP contribution in [0, 0.1) is 0 Å². The Hall–Kier alpha value is -2.26. The molecule has 0 radical (unpaired) electrons. The molecule has 0 unspecified atom stereocenters. The van der Waals surface area contributed by atoms with Crippen molar-refractivity contribution in [2.45, 2.75) is 0 Å². The van der Waals surface area contributed by atoms with Crippen LogP contribution in [0.5, 0.6) is 0 Å². The zero-order valence-corrected chi connectivity index (χ0v) is 10.7. The van der Waals surface area contributed by atoms with Crippen LogP contribution in [-0.4, -0.2) is 4.98 Å². The van der Waals surface area contributed by atoms with Gasteiger partial charge >= 0.3 is 0 Å². The second kappa shape index (κ2) is 4.78. The first-order chi connectivity index (χ1) is 9.22. The van der Waals surface area contributed by atoms with Crippen LogP contribution in [0.15, 0.2) is 59.4 Å². The first kappa shape index (κ1) is 11.8. The predicted molar refractivity (Wildman–Crippen MR) is 79.3 cm³/mol. The second-order valence-electron chi connectivity index (χ2n) is 4.23. The van der Waals surface area contributed by atoms with Crippen LogP contribution in [-0.2, 0) is 0 Å². The fraction of sp³-hybridized carbons (Fsp3) is 0. The lowest BCUT2D eigenvalue weighted by atomic mass is 10.2. The number of benzene rings is 2. The van der Waals surface area contributed by atoms with Gasteiger partial charge in [0.15, 0.2) is 0 Å². The molecule has 4 heteroatoms. The highest BCUT2D eigenvalue weighted by atomic mass is 35.5. The molecule has 0 aliphatic heterocycles. The van der Waals surface area contributed by atoms with Crippen LogP contribution in [0.3, 0.4) is 0 Å². The summed E-state index contributed by atoms with van der Waals surface area (Å²) in [7, 11) is 0. The Morgan fingerprint density at radius 1 is 1.00 bits per heavy atom. The maximum Gasteiger partial charge on any atom is 0.257 e. The Morgan fingerprint density at radius 2 is 1.74 bits per heavy atom. The summed E-state index contributed by atoms with van der Waals surface area (Å²) in [6.07, 6.45) is 0. The summed E-state index contributed by atoms with van der Waals surface area (Å²) in [4.78, 5) is 14.7. The zero-order valence-electron chi connectivity index (χ0n) is 9.98. The smallest absolute Gasteiger partial charge is 0.257 e. The van der Waals surface area contributed by atoms with Gasteiger partial charge in [-0.25, -0.2) is 0 Å². The molecule has 1 aromatic heterocycles. The minimum atomic E-state index is -0.102. The third-order valence-corrected chi connectivity index (χ3v) is 3.13. The first-order valence-corrected chi connectivity index (χ1v) is 6.25. The predicted octanol–water partition coefficient (Wildman–Crippen LogP) is 3.93. The Kier molecular flexibility index (Phi) is 2.97. The summed E-state index contributed by atoms with van der Waals surface area (Å²) in [6, 6.07) is 16.7. The minimum Gasteiger partial charge on any atom is -0.342 e. The Bertz CT molecular complexity index is 778. The number of fused-ring (bicyclic) bond motifs is 1. The number of hydrogen-bond donors (Lipinski definition) is 2. The molecule has 0 spiro atoms. The van der Waals surface area contributed by atoms with Gasteiger partial charge in [0.25, 0.3) is 5.56 Å². The van der Waals surface area contributed by atoms with Crippen LogP contribution in [0.25, 0.3) is 10.8 Å². The van der Waals surface area contributed by atoms with Crippen molar-refractivity contribution >= 4 is 33.9 Å². The Labute approximate surface area is 114 Å². The quantitative estimate of drug-likeness (QED) is 0.741. The van der Waals surface area contributed by atoms with Crippen molar-refractivity contribution in [2.75, 3.05) is 5.32 Å². The maximum absolute atomic E-state index is 11.9. The van der Waals surface area contributed by atoms with Crippen LogP contribution in [0.1, 0.15) is 0 Å². The molecular formula is C15H11ClN2O. The van der Waals surface area contributed by atoms with E-state index < -0.39 is 0 Å². The van der Waals surface area contributed by atoms with Crippen molar-refractivity contribution < 1.29 is 0 Å². The molecule has 94 valence electrons. The number of aromatic amines is 1. The van der Waals surface area contributed by atoms with Crippen molar-refractivity contribution in [1.82, 2.24) is 4.98 Å². The lowest BCUT2D eigenvalue weighted by Gasteiger charge is -2.07. The van der Waals surface area contributed by atoms with E-state index in [0.29, 0.717) is 16.2 Å². The monoisotopic (exact) mass is 270 g/mol. The normalized spacial score (nSPS) is 10.6. The van der Waals surface area contributed by atoms with Gasteiger partial charge in [0, 0.05) is 16.1 Å². The summed E-state index contributed by atoms with van der Waals surface area (Å²) in [5, 5.41) is 5.42. The molecule has 0 aliphatic carbocycles. The van der Waals surface area contributed by atoms with Gasteiger partial charge in [0.05, 0.1) is 0 Å². The minimum absolute atomic E-state index is 0.102. The van der Waals surface area contributed by atoms with E-state index in [-0.39, 0.29) is 5.56 Å². The van der Waals surface area contributed by atoms with E-state index in [9.17, 15) is 4.79 Å². The van der Waals surface area contributed by atoms with Gasteiger partial charge in [0.1, 0.15) is 5.82 Å². The number of H-pyrrole nitrogens is 1. The standard InChI is InChI=1S/C15H11ClN2O/c16-11-5-7-12(8-6-11)17-14-9-10-3-1-2-4-13(10)15(19)18-14/h1-9H,(H2,17,18,19). The van der Waals surface area contributed by atoms with Crippen molar-refractivity contribution in [3.8, 4) is 0 Å². The van der Waals surface area contributed by atoms with Gasteiger partial charge in [-0.2, -0.15) is 0 Å². The van der Waals surface area contributed by atoms with Crippen LogP contribution in [0.2, 0.25) is 5.02 Å². The highest BCUT2D eigenvalue weighted by molar-refractivity contribution is 6.30. The summed E-state index contributed by atoms with van der Waals surface area (Å²) in [5.41, 5.74) is 0.768. The fourth-order valence-electron chi connectivity index (χ4n) is 1.97. The number of rotatable bonds is 2. The fourth-order valence-corrected chi connectivity index (χ4v) is 2.09. The molecule has 0 bridgehead atoms. The zero-order chi connectivity index (χ0) is 13.2. The molecule has 2 N–H and O–H groups in total. The molecule has 3 rings (SSSR count). The van der Waals surface area contributed by atoms with Crippen LogP contribution < -0.4 is 10.9 Å². The van der Waals surface area contributed by atoms with Gasteiger partial charge in [-0.05, 0) is 41.8 Å². The van der Waals surface area contributed by atoms with Gasteiger partial charge in [-0.15, -0.1) is 0 Å². The number of anilines is 2. The molecule has 0 amide bonds. The molecule has 19 heavy (non-hydrogen) atoms. The van der Waals surface area contributed by atoms with E-state index in [0.717, 1.165) is 11.1 Å². The third kappa shape index (κ3) is 2.46. The van der Waals surface area contributed by atoms with E-state index in [2.05, 4.69) is 10.3 Å². The lowest BCUT2D eigenvalue weighted by molar-refractivity contribution is 1.26. The average molecular weight is 271 g/mol. The highest BCUT2D eigenvalue weighted by Crippen LogP contribution is 2.19. The molecule has 3 aromatic rings. The molecule has 0 fully saturated rings. The number of nitrogens with one attached hydrogen (secondary N) is 2. The largest absolute Gasteiger partial charge is 0.342 e. The van der Waals surface area contributed by atoms with E-state index in [1.165, 1.54) is 0 Å². The average Bonchev–Trinajstić information content (AvgIpc) is 2.42. The van der Waals surface area contributed by atoms with Crippen LogP contribution >= 0.6 is 11.6 Å². The van der Waals surface area contributed by atoms with E-state index in [1.807, 2.05) is 36.4 Å². The number of halogens is 1. The molecule has 0 atom stereocenters. The van der Waals surface area contributed by atoms with Gasteiger partial charge < -0.3 is 10.3 Å². The number of aromatic nitrogens is 1. The van der Waals surface area contributed by atoms with E-state index in [1.54, 1.807) is 18.2 Å². The van der Waals surface area contributed by atoms with Gasteiger partial charge in [-0.3, -0.25) is 4.79 Å². The van der Waals surface area contributed by atoms with Crippen molar-refractivity contribution in [3.63, 3.8) is 0 Å². The number of pyridine rings is 1. The summed E-state index contributed by atoms with van der Waals surface area (Å²) >= 11 is 5.83. The van der Waals surface area contributed by atoms with Gasteiger partial charge in [-0.1, -0.05) is 29.8 Å². The van der Waals surface area contributed by atoms with Gasteiger partial charge in [0.2, 0.25) is 0 Å². The van der Waals surface area contributed by atoms with Crippen molar-refractivity contribution in [3.05, 3.63) is 70.0 Å². The molecular weight excluding hydrogens is 260 g/mol. The van der Waals surface area contributed by atoms with E-state index >= 15 is 0 Å². The lowest BCUT2D eigenvalue weighted by Crippen LogP contribution is -2.08. The SMILES string of the molecule is O=c1[nH]c(Nc2ccc(Cl)cc2)cc2ccccc12. The molecule has 2 aromatic carbocycles. The molecule has 0 saturated carbocycles. The summed E-state index contributed by atoms with van der Waals surface area (Å²) in [6.45, 7) is 0. The topological polar surface area (TPSA) is 44.9 Å². The third-order valence-electron chi connectivity index (χ3n) is 2.88. The second-order valence-corrected chi connectivity index (χ2v) is 4.67. The molecule has 1 heterocycles.